The van der Waals surface area contributed by atoms with Gasteiger partial charge in [0.2, 0.25) is 0 Å². The van der Waals surface area contributed by atoms with Crippen molar-refractivity contribution in [1.29, 1.82) is 0 Å². The largest absolute Gasteiger partial charge is 0.494 e. The molecule has 0 amide bonds. The fraction of sp³-hybridized carbons (Fsp3) is 0.435. The van der Waals surface area contributed by atoms with Gasteiger partial charge in [-0.15, -0.1) is 0 Å². The van der Waals surface area contributed by atoms with E-state index >= 15 is 0 Å². The van der Waals surface area contributed by atoms with Gasteiger partial charge in [0.25, 0.3) is 0 Å². The first-order chi connectivity index (χ1) is 14.7. The van der Waals surface area contributed by atoms with Crippen LogP contribution in [0.2, 0.25) is 0 Å². The fourth-order valence-corrected chi connectivity index (χ4v) is 3.49. The molecule has 1 saturated heterocycles. The van der Waals surface area contributed by atoms with Crippen LogP contribution in [0.3, 0.4) is 0 Å². The average Bonchev–Trinajstić information content (AvgIpc) is 2.78. The molecule has 3 N–H and O–H groups in total. The topological polar surface area (TPSA) is 66.0 Å². The highest BCUT2D eigenvalue weighted by atomic mass is 32.1. The van der Waals surface area contributed by atoms with Crippen LogP contribution >= 0.6 is 12.2 Å². The Morgan fingerprint density at radius 2 is 1.83 bits per heavy atom. The molecule has 7 heteroatoms. The molecular formula is C23H31N3O3S. The maximum Gasteiger partial charge on any atom is 0.170 e. The van der Waals surface area contributed by atoms with E-state index in [1.807, 2.05) is 54.6 Å². The summed E-state index contributed by atoms with van der Waals surface area (Å²) in [7, 11) is 0. The van der Waals surface area contributed by atoms with Gasteiger partial charge in [-0.25, -0.2) is 0 Å². The van der Waals surface area contributed by atoms with E-state index in [1.165, 1.54) is 0 Å². The number of benzene rings is 2. The molecule has 1 unspecified atom stereocenters. The van der Waals surface area contributed by atoms with Gasteiger partial charge in [-0.1, -0.05) is 30.3 Å². The molecule has 3 rings (SSSR count). The molecule has 0 spiro atoms. The number of morpholine rings is 1. The number of anilines is 1. The van der Waals surface area contributed by atoms with Crippen LogP contribution in [-0.2, 0) is 4.74 Å². The van der Waals surface area contributed by atoms with Gasteiger partial charge in [0, 0.05) is 31.9 Å². The number of nitrogens with one attached hydrogen (secondary N) is 2. The van der Waals surface area contributed by atoms with Gasteiger partial charge in [0.1, 0.15) is 5.75 Å². The molecule has 1 aliphatic rings. The summed E-state index contributed by atoms with van der Waals surface area (Å²) in [6.45, 7) is 5.98. The minimum absolute atomic E-state index is 0.549. The van der Waals surface area contributed by atoms with Crippen molar-refractivity contribution in [2.45, 2.75) is 18.9 Å². The monoisotopic (exact) mass is 429 g/mol. The molecular weight excluding hydrogens is 398 g/mol. The molecule has 1 fully saturated rings. The Morgan fingerprint density at radius 3 is 2.57 bits per heavy atom. The molecule has 0 bridgehead atoms. The molecule has 6 nitrogen and oxygen atoms in total. The van der Waals surface area contributed by atoms with Crippen LogP contribution in [-0.4, -0.2) is 61.1 Å². The third-order valence-electron chi connectivity index (χ3n) is 4.99. The highest BCUT2D eigenvalue weighted by Gasteiger charge is 2.10. The van der Waals surface area contributed by atoms with Crippen molar-refractivity contribution in [2.75, 3.05) is 51.3 Å². The number of ether oxygens (including phenoxy) is 2. The van der Waals surface area contributed by atoms with Gasteiger partial charge in [-0.05, 0) is 54.9 Å². The lowest BCUT2D eigenvalue weighted by Gasteiger charge is -2.26. The molecule has 2 aromatic rings. The first-order valence-corrected chi connectivity index (χ1v) is 10.9. The van der Waals surface area contributed by atoms with Crippen LogP contribution in [0.25, 0.3) is 0 Å². The fourth-order valence-electron chi connectivity index (χ4n) is 3.28. The van der Waals surface area contributed by atoms with Gasteiger partial charge >= 0.3 is 0 Å². The van der Waals surface area contributed by atoms with Crippen LogP contribution in [0.15, 0.2) is 54.6 Å². The lowest BCUT2D eigenvalue weighted by atomic mass is 10.1. The molecule has 1 atom stereocenters. The highest BCUT2D eigenvalue weighted by molar-refractivity contribution is 7.80. The second-order valence-corrected chi connectivity index (χ2v) is 7.68. The minimum atomic E-state index is -0.549. The summed E-state index contributed by atoms with van der Waals surface area (Å²) in [5, 5.41) is 17.2. The van der Waals surface area contributed by atoms with E-state index in [0.29, 0.717) is 24.7 Å². The Hall–Kier alpha value is -2.19. The summed E-state index contributed by atoms with van der Waals surface area (Å²) in [5.41, 5.74) is 1.82. The van der Waals surface area contributed by atoms with Gasteiger partial charge < -0.3 is 25.2 Å². The van der Waals surface area contributed by atoms with Crippen molar-refractivity contribution in [3.63, 3.8) is 0 Å². The Morgan fingerprint density at radius 1 is 1.10 bits per heavy atom. The molecule has 0 aliphatic carbocycles. The van der Waals surface area contributed by atoms with E-state index in [4.69, 9.17) is 21.7 Å². The first kappa shape index (κ1) is 22.5. The van der Waals surface area contributed by atoms with Gasteiger partial charge in [-0.3, -0.25) is 4.90 Å². The second-order valence-electron chi connectivity index (χ2n) is 7.28. The zero-order valence-corrected chi connectivity index (χ0v) is 18.1. The third-order valence-corrected chi connectivity index (χ3v) is 5.24. The van der Waals surface area contributed by atoms with Gasteiger partial charge in [-0.2, -0.15) is 0 Å². The third kappa shape index (κ3) is 7.91. The summed E-state index contributed by atoms with van der Waals surface area (Å²) in [5.74, 6) is 0.833. The molecule has 30 heavy (non-hydrogen) atoms. The zero-order chi connectivity index (χ0) is 21.0. The van der Waals surface area contributed by atoms with Crippen molar-refractivity contribution in [2.24, 2.45) is 0 Å². The molecule has 2 aromatic carbocycles. The summed E-state index contributed by atoms with van der Waals surface area (Å²) < 4.78 is 11.2. The van der Waals surface area contributed by atoms with Crippen molar-refractivity contribution in [3.05, 3.63) is 60.2 Å². The molecule has 1 heterocycles. The summed E-state index contributed by atoms with van der Waals surface area (Å²) in [4.78, 5) is 2.40. The van der Waals surface area contributed by atoms with E-state index in [1.54, 1.807) is 0 Å². The SMILES string of the molecule is OC(CCNC(=S)Nc1ccccc1)c1ccc(OCCCN2CCOCC2)cc1. The van der Waals surface area contributed by atoms with Crippen molar-refractivity contribution in [3.8, 4) is 5.75 Å². The van der Waals surface area contributed by atoms with Crippen LogP contribution in [0, 0.1) is 0 Å². The molecule has 1 aliphatic heterocycles. The Kier molecular flexibility index (Phi) is 9.37. The molecule has 0 aromatic heterocycles. The number of hydrogen-bond acceptors (Lipinski definition) is 5. The lowest BCUT2D eigenvalue weighted by molar-refractivity contribution is 0.0358. The van der Waals surface area contributed by atoms with E-state index in [9.17, 15) is 5.11 Å². The normalized spacial score (nSPS) is 15.4. The maximum atomic E-state index is 10.4. The minimum Gasteiger partial charge on any atom is -0.494 e. The molecule has 0 radical (unpaired) electrons. The predicted molar refractivity (Wildman–Crippen MR) is 124 cm³/mol. The van der Waals surface area contributed by atoms with E-state index < -0.39 is 6.10 Å². The molecule has 0 saturated carbocycles. The number of rotatable bonds is 10. The standard InChI is InChI=1S/C23H31N3O3S/c27-22(11-12-24-23(30)25-20-5-2-1-3-6-20)19-7-9-21(10-8-19)29-16-4-13-26-14-17-28-18-15-26/h1-3,5-10,22,27H,4,11-18H2,(H2,24,25,30). The zero-order valence-electron chi connectivity index (χ0n) is 17.3. The number of thiocarbonyl (C=S) groups is 1. The highest BCUT2D eigenvalue weighted by Crippen LogP contribution is 2.20. The Labute approximate surface area is 184 Å². The number of para-hydroxylation sites is 1. The van der Waals surface area contributed by atoms with E-state index in [2.05, 4.69) is 15.5 Å². The number of nitrogens with zero attached hydrogens (tertiary/aromatic N) is 1. The van der Waals surface area contributed by atoms with E-state index in [-0.39, 0.29) is 0 Å². The first-order valence-electron chi connectivity index (χ1n) is 10.5. The van der Waals surface area contributed by atoms with Crippen molar-refractivity contribution in [1.82, 2.24) is 10.2 Å². The molecule has 162 valence electrons. The summed E-state index contributed by atoms with van der Waals surface area (Å²) >= 11 is 5.28. The predicted octanol–water partition coefficient (Wildman–Crippen LogP) is 3.20. The second kappa shape index (κ2) is 12.5. The maximum absolute atomic E-state index is 10.4. The van der Waals surface area contributed by atoms with Crippen LogP contribution in [0.1, 0.15) is 24.5 Å². The number of hydrogen-bond donors (Lipinski definition) is 3. The number of aliphatic hydroxyl groups excluding tert-OH is 1. The van der Waals surface area contributed by atoms with E-state index in [0.717, 1.165) is 56.3 Å². The summed E-state index contributed by atoms with van der Waals surface area (Å²) in [6, 6.07) is 17.4. The summed E-state index contributed by atoms with van der Waals surface area (Å²) in [6.07, 6.45) is 1.01. The van der Waals surface area contributed by atoms with Crippen LogP contribution < -0.4 is 15.4 Å². The quantitative estimate of drug-likeness (QED) is 0.396. The van der Waals surface area contributed by atoms with Gasteiger partial charge in [0.05, 0.1) is 25.9 Å². The lowest BCUT2D eigenvalue weighted by Crippen LogP contribution is -2.37. The number of aliphatic hydroxyl groups is 1. The van der Waals surface area contributed by atoms with Gasteiger partial charge in [0.15, 0.2) is 5.11 Å². The Bertz CT molecular complexity index is 752. The smallest absolute Gasteiger partial charge is 0.170 e. The average molecular weight is 430 g/mol. The van der Waals surface area contributed by atoms with Crippen molar-refractivity contribution < 1.29 is 14.6 Å². The van der Waals surface area contributed by atoms with Crippen LogP contribution in [0.4, 0.5) is 5.69 Å². The van der Waals surface area contributed by atoms with Crippen LogP contribution in [0.5, 0.6) is 5.75 Å². The van der Waals surface area contributed by atoms with Crippen molar-refractivity contribution >= 4 is 23.0 Å². The Balaban J connectivity index is 1.31.